The molecule has 0 aromatic carbocycles. The molecule has 1 aliphatic rings. The smallest absolute Gasteiger partial charge is 0.222 e. The highest BCUT2D eigenvalue weighted by Gasteiger charge is 2.29. The number of amides is 1. The topological polar surface area (TPSA) is 20.3 Å². The molecule has 0 spiro atoms. The molecule has 1 fully saturated rings. The number of carbonyl (C=O) groups is 1. The van der Waals surface area contributed by atoms with Crippen molar-refractivity contribution in [3.63, 3.8) is 0 Å². The summed E-state index contributed by atoms with van der Waals surface area (Å²) in [6.45, 7) is 6.21. The first kappa shape index (κ1) is 13.2. The molecule has 0 aromatic rings. The van der Waals surface area contributed by atoms with E-state index in [1.807, 2.05) is 16.7 Å². The van der Waals surface area contributed by atoms with Crippen molar-refractivity contribution in [3.8, 4) is 0 Å². The maximum Gasteiger partial charge on any atom is 0.222 e. The average molecular weight is 250 g/mol. The SMILES string of the molecule is CC1(C)CN(C(=O)CCCCCl)CCS1. The van der Waals surface area contributed by atoms with Crippen LogP contribution in [0.1, 0.15) is 33.1 Å². The van der Waals surface area contributed by atoms with E-state index in [1.165, 1.54) is 0 Å². The summed E-state index contributed by atoms with van der Waals surface area (Å²) in [5, 5.41) is 0. The van der Waals surface area contributed by atoms with E-state index in [2.05, 4.69) is 13.8 Å². The van der Waals surface area contributed by atoms with Crippen LogP contribution in [0.4, 0.5) is 0 Å². The quantitative estimate of drug-likeness (QED) is 0.564. The molecule has 0 saturated carbocycles. The van der Waals surface area contributed by atoms with Gasteiger partial charge in [-0.2, -0.15) is 11.8 Å². The average Bonchev–Trinajstić information content (AvgIpc) is 2.16. The fourth-order valence-electron chi connectivity index (χ4n) is 1.76. The number of rotatable bonds is 4. The molecule has 0 unspecified atom stereocenters. The fourth-order valence-corrected chi connectivity index (χ4v) is 3.06. The van der Waals surface area contributed by atoms with Crippen molar-refractivity contribution >= 4 is 29.3 Å². The lowest BCUT2D eigenvalue weighted by Gasteiger charge is -2.37. The third-order valence-electron chi connectivity index (χ3n) is 2.55. The van der Waals surface area contributed by atoms with Gasteiger partial charge in [-0.3, -0.25) is 4.79 Å². The number of alkyl halides is 1. The molecule has 0 N–H and O–H groups in total. The summed E-state index contributed by atoms with van der Waals surface area (Å²) < 4.78 is 0.223. The molecule has 4 heteroatoms. The van der Waals surface area contributed by atoms with E-state index in [1.54, 1.807) is 0 Å². The van der Waals surface area contributed by atoms with Crippen molar-refractivity contribution in [1.29, 1.82) is 0 Å². The van der Waals surface area contributed by atoms with Crippen LogP contribution in [0.2, 0.25) is 0 Å². The second kappa shape index (κ2) is 6.00. The van der Waals surface area contributed by atoms with Crippen molar-refractivity contribution in [2.45, 2.75) is 37.9 Å². The molecule has 1 rings (SSSR count). The van der Waals surface area contributed by atoms with Crippen molar-refractivity contribution < 1.29 is 4.79 Å². The van der Waals surface area contributed by atoms with Crippen LogP contribution in [0.5, 0.6) is 0 Å². The Morgan fingerprint density at radius 1 is 1.47 bits per heavy atom. The molecule has 1 amide bonds. The minimum Gasteiger partial charge on any atom is -0.341 e. The van der Waals surface area contributed by atoms with Gasteiger partial charge < -0.3 is 4.90 Å². The third-order valence-corrected chi connectivity index (χ3v) is 4.12. The molecular formula is C11H20ClNOS. The summed E-state index contributed by atoms with van der Waals surface area (Å²) in [6.07, 6.45) is 2.53. The summed E-state index contributed by atoms with van der Waals surface area (Å²) in [5.74, 6) is 2.02. The molecule has 0 aromatic heterocycles. The number of nitrogens with zero attached hydrogens (tertiary/aromatic N) is 1. The van der Waals surface area contributed by atoms with Gasteiger partial charge in [-0.1, -0.05) is 0 Å². The Morgan fingerprint density at radius 3 is 2.80 bits per heavy atom. The fraction of sp³-hybridized carbons (Fsp3) is 0.909. The van der Waals surface area contributed by atoms with E-state index >= 15 is 0 Å². The van der Waals surface area contributed by atoms with Gasteiger partial charge in [-0.05, 0) is 26.7 Å². The van der Waals surface area contributed by atoms with Gasteiger partial charge in [0.1, 0.15) is 0 Å². The van der Waals surface area contributed by atoms with Gasteiger partial charge in [0.15, 0.2) is 0 Å². The van der Waals surface area contributed by atoms with E-state index in [4.69, 9.17) is 11.6 Å². The first-order chi connectivity index (χ1) is 7.05. The van der Waals surface area contributed by atoms with Crippen LogP contribution in [0.15, 0.2) is 0 Å². The molecule has 0 radical (unpaired) electrons. The largest absolute Gasteiger partial charge is 0.341 e. The van der Waals surface area contributed by atoms with Crippen molar-refractivity contribution in [1.82, 2.24) is 4.90 Å². The van der Waals surface area contributed by atoms with Gasteiger partial charge in [-0.25, -0.2) is 0 Å². The van der Waals surface area contributed by atoms with E-state index in [9.17, 15) is 4.79 Å². The molecule has 0 bridgehead atoms. The summed E-state index contributed by atoms with van der Waals surface area (Å²) in [4.78, 5) is 13.8. The van der Waals surface area contributed by atoms with Crippen LogP contribution < -0.4 is 0 Å². The van der Waals surface area contributed by atoms with Crippen LogP contribution in [0.25, 0.3) is 0 Å². The Balaban J connectivity index is 2.32. The van der Waals surface area contributed by atoms with Crippen molar-refractivity contribution in [2.75, 3.05) is 24.7 Å². The number of hydrogen-bond donors (Lipinski definition) is 0. The molecule has 1 saturated heterocycles. The Morgan fingerprint density at radius 2 is 2.20 bits per heavy atom. The van der Waals surface area contributed by atoms with Crippen LogP contribution in [-0.4, -0.2) is 40.3 Å². The zero-order valence-corrected chi connectivity index (χ0v) is 11.2. The predicted molar refractivity (Wildman–Crippen MR) is 67.7 cm³/mol. The molecule has 0 aliphatic carbocycles. The Kier molecular flexibility index (Phi) is 5.27. The second-order valence-electron chi connectivity index (χ2n) is 4.57. The minimum atomic E-state index is 0.223. The molecule has 1 aliphatic heterocycles. The third kappa shape index (κ3) is 4.64. The van der Waals surface area contributed by atoms with Gasteiger partial charge in [0, 0.05) is 35.9 Å². The molecule has 88 valence electrons. The maximum atomic E-state index is 11.8. The van der Waals surface area contributed by atoms with Gasteiger partial charge >= 0.3 is 0 Å². The number of carbonyl (C=O) groups excluding carboxylic acids is 1. The summed E-state index contributed by atoms with van der Waals surface area (Å²) >= 11 is 7.54. The van der Waals surface area contributed by atoms with Crippen LogP contribution in [-0.2, 0) is 4.79 Å². The Labute approximate surface area is 102 Å². The number of halogens is 1. The monoisotopic (exact) mass is 249 g/mol. The lowest BCUT2D eigenvalue weighted by molar-refractivity contribution is -0.131. The molecule has 0 atom stereocenters. The number of unbranched alkanes of at least 4 members (excludes halogenated alkanes) is 1. The summed E-state index contributed by atoms with van der Waals surface area (Å²) in [5.41, 5.74) is 0. The highest BCUT2D eigenvalue weighted by atomic mass is 35.5. The summed E-state index contributed by atoms with van der Waals surface area (Å²) in [6, 6.07) is 0. The molecular weight excluding hydrogens is 230 g/mol. The second-order valence-corrected chi connectivity index (χ2v) is 6.75. The first-order valence-electron chi connectivity index (χ1n) is 5.53. The van der Waals surface area contributed by atoms with Gasteiger partial charge in [0.05, 0.1) is 0 Å². The standard InChI is InChI=1S/C11H20ClNOS/c1-11(2)9-13(7-8-15-11)10(14)5-3-4-6-12/h3-9H2,1-2H3. The van der Waals surface area contributed by atoms with E-state index in [0.717, 1.165) is 31.7 Å². The minimum absolute atomic E-state index is 0.223. The molecule has 15 heavy (non-hydrogen) atoms. The van der Waals surface area contributed by atoms with E-state index < -0.39 is 0 Å². The zero-order chi connectivity index (χ0) is 11.3. The predicted octanol–water partition coefficient (Wildman–Crippen LogP) is 2.75. The highest BCUT2D eigenvalue weighted by molar-refractivity contribution is 8.00. The Hall–Kier alpha value is 0.110. The lowest BCUT2D eigenvalue weighted by Crippen LogP contribution is -2.46. The van der Waals surface area contributed by atoms with Gasteiger partial charge in [0.2, 0.25) is 5.91 Å². The maximum absolute atomic E-state index is 11.8. The zero-order valence-electron chi connectivity index (χ0n) is 9.59. The first-order valence-corrected chi connectivity index (χ1v) is 7.05. The number of thioether (sulfide) groups is 1. The van der Waals surface area contributed by atoms with E-state index in [0.29, 0.717) is 18.2 Å². The van der Waals surface area contributed by atoms with Crippen LogP contribution in [0, 0.1) is 0 Å². The van der Waals surface area contributed by atoms with Crippen LogP contribution in [0.3, 0.4) is 0 Å². The van der Waals surface area contributed by atoms with Gasteiger partial charge in [-0.15, -0.1) is 11.6 Å². The number of hydrogen-bond acceptors (Lipinski definition) is 2. The van der Waals surface area contributed by atoms with Crippen molar-refractivity contribution in [2.24, 2.45) is 0 Å². The highest BCUT2D eigenvalue weighted by Crippen LogP contribution is 2.29. The van der Waals surface area contributed by atoms with Crippen LogP contribution >= 0.6 is 23.4 Å². The summed E-state index contributed by atoms with van der Waals surface area (Å²) in [7, 11) is 0. The normalized spacial score (nSPS) is 20.3. The van der Waals surface area contributed by atoms with Gasteiger partial charge in [0.25, 0.3) is 0 Å². The van der Waals surface area contributed by atoms with E-state index in [-0.39, 0.29) is 4.75 Å². The lowest BCUT2D eigenvalue weighted by atomic mass is 10.1. The molecule has 2 nitrogen and oxygen atoms in total. The Bertz CT molecular complexity index is 221. The van der Waals surface area contributed by atoms with Crippen molar-refractivity contribution in [3.05, 3.63) is 0 Å². The molecule has 1 heterocycles.